The number of hydrogen-bond acceptors (Lipinski definition) is 4. The molecule has 1 saturated heterocycles. The van der Waals surface area contributed by atoms with E-state index in [4.69, 9.17) is 13.9 Å². The second kappa shape index (κ2) is 6.13. The number of rotatable bonds is 4. The molecule has 6 heteroatoms. The highest BCUT2D eigenvalue weighted by Crippen LogP contribution is 2.39. The molecule has 0 aromatic heterocycles. The molecule has 0 radical (unpaired) electrons. The summed E-state index contributed by atoms with van der Waals surface area (Å²) in [7, 11) is -0.486. The molecule has 0 bridgehead atoms. The largest absolute Gasteiger partial charge is 0.479 e. The van der Waals surface area contributed by atoms with Crippen LogP contribution in [0.5, 0.6) is 0 Å². The van der Waals surface area contributed by atoms with E-state index in [1.54, 1.807) is 7.11 Å². The highest BCUT2D eigenvalue weighted by Gasteiger charge is 2.48. The lowest BCUT2D eigenvalue weighted by atomic mass is 9.93. The zero-order chi connectivity index (χ0) is 15.7. The van der Waals surface area contributed by atoms with Gasteiger partial charge in [-0.3, -0.25) is 0 Å². The van der Waals surface area contributed by atoms with Gasteiger partial charge in [0.25, 0.3) is 0 Å². The van der Waals surface area contributed by atoms with Crippen molar-refractivity contribution in [2.75, 3.05) is 13.7 Å². The zero-order valence-electron chi connectivity index (χ0n) is 13.6. The van der Waals surface area contributed by atoms with Gasteiger partial charge >= 0.3 is 5.97 Å². The van der Waals surface area contributed by atoms with Gasteiger partial charge in [-0.25, -0.2) is 4.79 Å². The lowest BCUT2D eigenvalue weighted by Gasteiger charge is -2.46. The van der Waals surface area contributed by atoms with Crippen molar-refractivity contribution < 1.29 is 23.8 Å². The Morgan fingerprint density at radius 1 is 1.30 bits per heavy atom. The summed E-state index contributed by atoms with van der Waals surface area (Å²) in [4.78, 5) is 11.4. The molecule has 1 fully saturated rings. The molecule has 118 valence electrons. The van der Waals surface area contributed by atoms with Gasteiger partial charge in [0.15, 0.2) is 14.4 Å². The van der Waals surface area contributed by atoms with Crippen molar-refractivity contribution in [2.45, 2.75) is 64.1 Å². The van der Waals surface area contributed by atoms with E-state index in [9.17, 15) is 9.90 Å². The van der Waals surface area contributed by atoms with Crippen molar-refractivity contribution in [1.82, 2.24) is 0 Å². The predicted octanol–water partition coefficient (Wildman–Crippen LogP) is 2.51. The molecule has 4 atom stereocenters. The van der Waals surface area contributed by atoms with Crippen LogP contribution in [0, 0.1) is 5.92 Å². The van der Waals surface area contributed by atoms with Crippen LogP contribution in [0.1, 0.15) is 27.7 Å². The molecular formula is C14H28O5Si. The minimum absolute atomic E-state index is 0.00896. The molecule has 1 rings (SSSR count). The average Bonchev–Trinajstić information content (AvgIpc) is 2.26. The highest BCUT2D eigenvalue weighted by atomic mass is 28.4. The van der Waals surface area contributed by atoms with Crippen LogP contribution in [0.2, 0.25) is 18.1 Å². The lowest BCUT2D eigenvalue weighted by molar-refractivity contribution is -0.189. The first-order valence-corrected chi connectivity index (χ1v) is 9.97. The summed E-state index contributed by atoms with van der Waals surface area (Å²) in [6, 6.07) is 0. The maximum absolute atomic E-state index is 11.4. The number of methoxy groups -OCH3 is 1. The molecule has 0 saturated carbocycles. The lowest BCUT2D eigenvalue weighted by Crippen LogP contribution is -2.59. The second-order valence-corrected chi connectivity index (χ2v) is 11.9. The minimum Gasteiger partial charge on any atom is -0.479 e. The maximum Gasteiger partial charge on any atom is 0.335 e. The molecule has 0 aromatic rings. The number of carbonyl (C=O) groups is 1. The van der Waals surface area contributed by atoms with Crippen LogP contribution in [0.3, 0.4) is 0 Å². The van der Waals surface area contributed by atoms with E-state index in [1.807, 2.05) is 6.92 Å². The summed E-state index contributed by atoms with van der Waals surface area (Å²) >= 11 is 0. The van der Waals surface area contributed by atoms with Crippen molar-refractivity contribution in [3.63, 3.8) is 0 Å². The molecule has 0 amide bonds. The fraction of sp³-hybridized carbons (Fsp3) is 0.929. The van der Waals surface area contributed by atoms with Crippen LogP contribution in [0.15, 0.2) is 0 Å². The zero-order valence-corrected chi connectivity index (χ0v) is 14.6. The fourth-order valence-corrected chi connectivity index (χ4v) is 3.46. The van der Waals surface area contributed by atoms with Gasteiger partial charge in [0.1, 0.15) is 6.10 Å². The molecule has 0 aliphatic carbocycles. The number of ether oxygens (including phenoxy) is 2. The normalized spacial score (nSPS) is 32.1. The third-order valence-electron chi connectivity index (χ3n) is 4.47. The van der Waals surface area contributed by atoms with Crippen LogP contribution in [-0.2, 0) is 18.7 Å². The van der Waals surface area contributed by atoms with Crippen molar-refractivity contribution in [3.05, 3.63) is 0 Å². The van der Waals surface area contributed by atoms with Crippen LogP contribution < -0.4 is 0 Å². The Labute approximate surface area is 122 Å². The summed E-state index contributed by atoms with van der Waals surface area (Å²) < 4.78 is 17.3. The van der Waals surface area contributed by atoms with E-state index in [2.05, 4.69) is 33.9 Å². The van der Waals surface area contributed by atoms with Gasteiger partial charge in [0.2, 0.25) is 0 Å². The molecular weight excluding hydrogens is 276 g/mol. The molecule has 1 N–H and O–H groups in total. The van der Waals surface area contributed by atoms with Crippen LogP contribution in [0.4, 0.5) is 0 Å². The van der Waals surface area contributed by atoms with E-state index in [0.717, 1.165) is 0 Å². The van der Waals surface area contributed by atoms with Crippen molar-refractivity contribution >= 4 is 14.3 Å². The quantitative estimate of drug-likeness (QED) is 0.808. The molecule has 1 heterocycles. The first-order chi connectivity index (χ1) is 9.01. The van der Waals surface area contributed by atoms with Crippen molar-refractivity contribution in [2.24, 2.45) is 5.92 Å². The monoisotopic (exact) mass is 304 g/mol. The van der Waals surface area contributed by atoms with Gasteiger partial charge in [-0.15, -0.1) is 0 Å². The average molecular weight is 304 g/mol. The SMILES string of the molecule is COC1C(C)CO[C@@H](C(=O)O)C1O[Si](C)(C)C(C)(C)C. The van der Waals surface area contributed by atoms with Gasteiger partial charge in [0.05, 0.1) is 12.7 Å². The van der Waals surface area contributed by atoms with Crippen LogP contribution >= 0.6 is 0 Å². The minimum atomic E-state index is -2.09. The molecule has 1 aliphatic rings. The van der Waals surface area contributed by atoms with E-state index in [1.165, 1.54) is 0 Å². The van der Waals surface area contributed by atoms with Gasteiger partial charge in [0, 0.05) is 13.0 Å². The van der Waals surface area contributed by atoms with E-state index < -0.39 is 26.5 Å². The summed E-state index contributed by atoms with van der Waals surface area (Å²) in [5.74, 6) is -0.868. The Balaban J connectivity index is 3.02. The Kier molecular flexibility index (Phi) is 5.40. The number of hydrogen-bond donors (Lipinski definition) is 1. The third kappa shape index (κ3) is 3.61. The first kappa shape index (κ1) is 17.6. The molecule has 0 aromatic carbocycles. The Hall–Kier alpha value is -0.433. The topological polar surface area (TPSA) is 65.0 Å². The molecule has 5 nitrogen and oxygen atoms in total. The summed E-state index contributed by atoms with van der Waals surface area (Å²) in [5, 5.41) is 9.37. The Morgan fingerprint density at radius 3 is 2.25 bits per heavy atom. The van der Waals surface area contributed by atoms with Crippen LogP contribution in [-0.4, -0.2) is 51.4 Å². The highest BCUT2D eigenvalue weighted by molar-refractivity contribution is 6.74. The molecule has 0 spiro atoms. The van der Waals surface area contributed by atoms with Crippen LogP contribution in [0.25, 0.3) is 0 Å². The van der Waals surface area contributed by atoms with Gasteiger partial charge in [-0.05, 0) is 18.1 Å². The molecule has 20 heavy (non-hydrogen) atoms. The number of carboxylic acid groups (broad SMARTS) is 1. The Morgan fingerprint density at radius 2 is 1.85 bits per heavy atom. The maximum atomic E-state index is 11.4. The fourth-order valence-electron chi connectivity index (χ4n) is 2.17. The summed E-state index contributed by atoms with van der Waals surface area (Å²) in [6.07, 6.45) is -1.76. The van der Waals surface area contributed by atoms with E-state index in [0.29, 0.717) is 6.61 Å². The van der Waals surface area contributed by atoms with Gasteiger partial charge < -0.3 is 19.0 Å². The molecule has 1 aliphatic heterocycles. The number of carboxylic acids is 1. The predicted molar refractivity (Wildman–Crippen MR) is 79.4 cm³/mol. The Bertz CT molecular complexity index is 350. The smallest absolute Gasteiger partial charge is 0.335 e. The summed E-state index contributed by atoms with van der Waals surface area (Å²) in [5.41, 5.74) is 0. The van der Waals surface area contributed by atoms with Gasteiger partial charge in [-0.1, -0.05) is 27.7 Å². The third-order valence-corrected chi connectivity index (χ3v) is 8.95. The van der Waals surface area contributed by atoms with E-state index in [-0.39, 0.29) is 17.1 Å². The summed E-state index contributed by atoms with van der Waals surface area (Å²) in [6.45, 7) is 13.0. The standard InChI is InChI=1S/C14H28O5Si/c1-9-8-18-12(13(15)16)11(10(9)17-5)19-20(6,7)14(2,3)4/h9-12H,8H2,1-7H3,(H,15,16)/t9?,10?,11?,12-/m1/s1. The van der Waals surface area contributed by atoms with Crippen molar-refractivity contribution in [1.29, 1.82) is 0 Å². The first-order valence-electron chi connectivity index (χ1n) is 7.06. The van der Waals surface area contributed by atoms with Crippen molar-refractivity contribution in [3.8, 4) is 0 Å². The van der Waals surface area contributed by atoms with E-state index >= 15 is 0 Å². The second-order valence-electron chi connectivity index (χ2n) is 7.11. The number of aliphatic carboxylic acids is 1. The molecule has 3 unspecified atom stereocenters. The van der Waals surface area contributed by atoms with Gasteiger partial charge in [-0.2, -0.15) is 0 Å².